The molecule has 1 N–H and O–H groups in total. The third kappa shape index (κ3) is 8.07. The molecule has 2 amide bonds. The molecule has 4 rings (SSSR count). The Morgan fingerprint density at radius 1 is 0.818 bits per heavy atom. The quantitative estimate of drug-likeness (QED) is 0.185. The molecule has 0 fully saturated rings. The van der Waals surface area contributed by atoms with Crippen LogP contribution in [0.3, 0.4) is 0 Å². The van der Waals surface area contributed by atoms with E-state index in [1.807, 2.05) is 74.5 Å². The van der Waals surface area contributed by atoms with Crippen LogP contribution in [0.1, 0.15) is 37.0 Å². The normalized spacial score (nSPS) is 12.6. The summed E-state index contributed by atoms with van der Waals surface area (Å²) in [5.41, 5.74) is 2.50. The molecule has 0 unspecified atom stereocenters. The Hall–Kier alpha value is -4.14. The zero-order valence-electron chi connectivity index (χ0n) is 25.2. The zero-order valence-corrected chi connectivity index (χ0v) is 26.8. The summed E-state index contributed by atoms with van der Waals surface area (Å²) in [5, 5.41) is 3.42. The number of sulfonamides is 1. The lowest BCUT2D eigenvalue weighted by Gasteiger charge is -2.34. The van der Waals surface area contributed by atoms with Gasteiger partial charge in [-0.1, -0.05) is 103 Å². The number of carbonyl (C=O) groups is 2. The number of hydrogen-bond donors (Lipinski definition) is 1. The standard InChI is InChI=1S/C35H38ClN3O4S/c1-4-26(2)37-35(41)33(23-28-15-8-5-9-16-28)38(24-29-17-10-6-11-18-29)34(40)25-39(32-22-14-21-31(36)27(32)3)44(42,43)30-19-12-7-13-20-30/h5-22,26,33H,4,23-25H2,1-3H3,(H,37,41)/t26-,33+/m0/s1. The van der Waals surface area contributed by atoms with E-state index in [9.17, 15) is 18.0 Å². The highest BCUT2D eigenvalue weighted by atomic mass is 35.5. The molecule has 0 saturated heterocycles. The number of hydrogen-bond acceptors (Lipinski definition) is 4. The lowest BCUT2D eigenvalue weighted by molar-refractivity contribution is -0.140. The van der Waals surface area contributed by atoms with Gasteiger partial charge in [-0.25, -0.2) is 8.42 Å². The first-order valence-electron chi connectivity index (χ1n) is 14.6. The molecule has 4 aromatic carbocycles. The van der Waals surface area contributed by atoms with Crippen LogP contribution in [0.4, 0.5) is 5.69 Å². The van der Waals surface area contributed by atoms with E-state index in [0.717, 1.165) is 15.4 Å². The summed E-state index contributed by atoms with van der Waals surface area (Å²) in [5.74, 6) is -0.822. The van der Waals surface area contributed by atoms with Crippen LogP contribution in [-0.2, 0) is 32.6 Å². The minimum Gasteiger partial charge on any atom is -0.352 e. The van der Waals surface area contributed by atoms with Crippen LogP contribution in [-0.4, -0.2) is 43.8 Å². The van der Waals surface area contributed by atoms with Gasteiger partial charge in [0, 0.05) is 24.0 Å². The van der Waals surface area contributed by atoms with Crippen molar-refractivity contribution in [3.05, 3.63) is 131 Å². The number of amides is 2. The second kappa shape index (κ2) is 15.0. The third-order valence-electron chi connectivity index (χ3n) is 7.59. The van der Waals surface area contributed by atoms with Crippen molar-refractivity contribution in [1.29, 1.82) is 0 Å². The van der Waals surface area contributed by atoms with Crippen LogP contribution >= 0.6 is 11.6 Å². The highest BCUT2D eigenvalue weighted by molar-refractivity contribution is 7.92. The van der Waals surface area contributed by atoms with Gasteiger partial charge in [0.1, 0.15) is 12.6 Å². The van der Waals surface area contributed by atoms with Gasteiger partial charge in [-0.2, -0.15) is 0 Å². The maximum atomic E-state index is 14.5. The van der Waals surface area contributed by atoms with Crippen LogP contribution < -0.4 is 9.62 Å². The number of carbonyl (C=O) groups excluding carboxylic acids is 2. The number of anilines is 1. The Kier molecular flexibility index (Phi) is 11.2. The van der Waals surface area contributed by atoms with Crippen molar-refractivity contribution >= 4 is 39.1 Å². The average molecular weight is 632 g/mol. The maximum absolute atomic E-state index is 14.5. The zero-order chi connectivity index (χ0) is 31.7. The topological polar surface area (TPSA) is 86.8 Å². The SMILES string of the molecule is CC[C@H](C)NC(=O)[C@@H](Cc1ccccc1)N(Cc1ccccc1)C(=O)CN(c1cccc(Cl)c1C)S(=O)(=O)c1ccccc1. The van der Waals surface area contributed by atoms with Gasteiger partial charge in [0.15, 0.2) is 0 Å². The molecule has 4 aromatic rings. The van der Waals surface area contributed by atoms with Gasteiger partial charge in [0.05, 0.1) is 10.6 Å². The van der Waals surface area contributed by atoms with Crippen LogP contribution in [0.2, 0.25) is 5.02 Å². The molecule has 230 valence electrons. The number of nitrogens with zero attached hydrogens (tertiary/aromatic N) is 2. The molecule has 0 aliphatic rings. The number of benzene rings is 4. The molecule has 0 aromatic heterocycles. The van der Waals surface area contributed by atoms with Gasteiger partial charge in [0.25, 0.3) is 10.0 Å². The summed E-state index contributed by atoms with van der Waals surface area (Å²) in [4.78, 5) is 29.9. The first-order chi connectivity index (χ1) is 21.1. The monoisotopic (exact) mass is 631 g/mol. The summed E-state index contributed by atoms with van der Waals surface area (Å²) in [6.45, 7) is 5.18. The Morgan fingerprint density at radius 3 is 1.98 bits per heavy atom. The molecule has 44 heavy (non-hydrogen) atoms. The fourth-order valence-electron chi connectivity index (χ4n) is 4.87. The van der Waals surface area contributed by atoms with E-state index >= 15 is 0 Å². The van der Waals surface area contributed by atoms with Crippen molar-refractivity contribution in [2.24, 2.45) is 0 Å². The van der Waals surface area contributed by atoms with Crippen molar-refractivity contribution in [2.45, 2.75) is 57.1 Å². The number of rotatable bonds is 13. The van der Waals surface area contributed by atoms with Gasteiger partial charge >= 0.3 is 0 Å². The summed E-state index contributed by atoms with van der Waals surface area (Å²) in [6, 6.07) is 30.8. The summed E-state index contributed by atoms with van der Waals surface area (Å²) >= 11 is 6.44. The molecule has 0 radical (unpaired) electrons. The van der Waals surface area contributed by atoms with E-state index in [2.05, 4.69) is 5.32 Å². The Labute approximate surface area is 265 Å². The van der Waals surface area contributed by atoms with E-state index in [-0.39, 0.29) is 35.5 Å². The highest BCUT2D eigenvalue weighted by Gasteiger charge is 2.35. The molecule has 7 nitrogen and oxygen atoms in total. The van der Waals surface area contributed by atoms with Crippen LogP contribution in [0.15, 0.2) is 114 Å². The van der Waals surface area contributed by atoms with Gasteiger partial charge in [-0.05, 0) is 61.2 Å². The molecule has 2 atom stereocenters. The average Bonchev–Trinajstić information content (AvgIpc) is 3.04. The number of halogens is 1. The largest absolute Gasteiger partial charge is 0.352 e. The molecule has 0 aliphatic heterocycles. The van der Waals surface area contributed by atoms with Gasteiger partial charge < -0.3 is 10.2 Å². The third-order valence-corrected chi connectivity index (χ3v) is 9.77. The molecule has 0 aliphatic carbocycles. The Bertz CT molecular complexity index is 1650. The lowest BCUT2D eigenvalue weighted by atomic mass is 10.0. The first-order valence-corrected chi connectivity index (χ1v) is 16.4. The van der Waals surface area contributed by atoms with E-state index in [4.69, 9.17) is 11.6 Å². The Balaban J connectivity index is 1.82. The van der Waals surface area contributed by atoms with Crippen molar-refractivity contribution in [1.82, 2.24) is 10.2 Å². The summed E-state index contributed by atoms with van der Waals surface area (Å²) in [7, 11) is -4.20. The molecule has 9 heteroatoms. The smallest absolute Gasteiger partial charge is 0.264 e. The minimum absolute atomic E-state index is 0.0390. The van der Waals surface area contributed by atoms with E-state index < -0.39 is 28.5 Å². The molecule has 0 saturated carbocycles. The van der Waals surface area contributed by atoms with E-state index in [0.29, 0.717) is 17.0 Å². The molecular formula is C35H38ClN3O4S. The fraction of sp³-hybridized carbons (Fsp3) is 0.257. The predicted molar refractivity (Wildman–Crippen MR) is 176 cm³/mol. The van der Waals surface area contributed by atoms with E-state index in [1.54, 1.807) is 43.3 Å². The summed E-state index contributed by atoms with van der Waals surface area (Å²) in [6.07, 6.45) is 0.969. The van der Waals surface area contributed by atoms with Crippen molar-refractivity contribution in [3.8, 4) is 0 Å². The first kappa shape index (κ1) is 32.8. The van der Waals surface area contributed by atoms with Crippen molar-refractivity contribution in [2.75, 3.05) is 10.8 Å². The second-order valence-electron chi connectivity index (χ2n) is 10.7. The Morgan fingerprint density at radius 2 is 1.39 bits per heavy atom. The maximum Gasteiger partial charge on any atom is 0.264 e. The van der Waals surface area contributed by atoms with Crippen molar-refractivity contribution < 1.29 is 18.0 Å². The highest BCUT2D eigenvalue weighted by Crippen LogP contribution is 2.31. The van der Waals surface area contributed by atoms with Gasteiger partial charge in [-0.3, -0.25) is 13.9 Å². The van der Waals surface area contributed by atoms with Gasteiger partial charge in [-0.15, -0.1) is 0 Å². The summed E-state index contributed by atoms with van der Waals surface area (Å²) < 4.78 is 29.3. The van der Waals surface area contributed by atoms with E-state index in [1.165, 1.54) is 17.0 Å². The molecule has 0 spiro atoms. The van der Waals surface area contributed by atoms with Crippen LogP contribution in [0, 0.1) is 6.92 Å². The molecular weight excluding hydrogens is 594 g/mol. The lowest BCUT2D eigenvalue weighted by Crippen LogP contribution is -2.54. The van der Waals surface area contributed by atoms with Crippen LogP contribution in [0.25, 0.3) is 0 Å². The van der Waals surface area contributed by atoms with Gasteiger partial charge in [0.2, 0.25) is 11.8 Å². The molecule has 0 heterocycles. The second-order valence-corrected chi connectivity index (χ2v) is 13.0. The van der Waals surface area contributed by atoms with Crippen LogP contribution in [0.5, 0.6) is 0 Å². The minimum atomic E-state index is -4.20. The predicted octanol–water partition coefficient (Wildman–Crippen LogP) is 6.40. The van der Waals surface area contributed by atoms with Crippen molar-refractivity contribution in [3.63, 3.8) is 0 Å². The molecule has 0 bridgehead atoms. The number of nitrogens with one attached hydrogen (secondary N) is 1. The fourth-order valence-corrected chi connectivity index (χ4v) is 6.54.